The minimum absolute atomic E-state index is 1.40. The molecule has 0 fully saturated rings. The first kappa shape index (κ1) is 20.0. The van der Waals surface area contributed by atoms with Crippen LogP contribution in [0.4, 0.5) is 0 Å². The van der Waals surface area contributed by atoms with Gasteiger partial charge in [-0.1, -0.05) is 0 Å². The van der Waals surface area contributed by atoms with Crippen molar-refractivity contribution in [3.8, 4) is 0 Å². The summed E-state index contributed by atoms with van der Waals surface area (Å²) in [6.07, 6.45) is 0. The van der Waals surface area contributed by atoms with Crippen molar-refractivity contribution in [1.82, 2.24) is 0 Å². The van der Waals surface area contributed by atoms with Crippen LogP contribution in [0.5, 0.6) is 0 Å². The molecule has 0 heterocycles. The third kappa shape index (κ3) is 3.34. The Kier molecular flexibility index (Phi) is 5.65. The fraction of sp³-hybridized carbons (Fsp3) is 0.143. The van der Waals surface area contributed by atoms with Crippen molar-refractivity contribution in [2.75, 3.05) is 0 Å². The number of hydrogen-bond acceptors (Lipinski definition) is 0. The topological polar surface area (TPSA) is 0 Å². The first-order valence-electron chi connectivity index (χ1n) is 10.3. The van der Waals surface area contributed by atoms with Gasteiger partial charge in [-0.05, 0) is 0 Å². The van der Waals surface area contributed by atoms with Gasteiger partial charge in [-0.2, -0.15) is 0 Å². The molecule has 0 nitrogen and oxygen atoms in total. The molecule has 144 valence electrons. The van der Waals surface area contributed by atoms with Crippen LogP contribution in [-0.2, 0) is 0 Å². The summed E-state index contributed by atoms with van der Waals surface area (Å²) in [6, 6.07) is 36.3. The van der Waals surface area contributed by atoms with Crippen LogP contribution in [0, 0.1) is 27.7 Å². The second-order valence-electron chi connectivity index (χ2n) is 8.01. The second kappa shape index (κ2) is 8.20. The van der Waals surface area contributed by atoms with Gasteiger partial charge in [0.2, 0.25) is 0 Å². The van der Waals surface area contributed by atoms with Gasteiger partial charge in [0.25, 0.3) is 0 Å². The first-order chi connectivity index (χ1) is 14.1. The Hall–Kier alpha value is -2.32. The Labute approximate surface area is 179 Å². The van der Waals surface area contributed by atoms with Gasteiger partial charge in [0, 0.05) is 0 Å². The van der Waals surface area contributed by atoms with E-state index in [1.54, 1.807) is 14.3 Å². The summed E-state index contributed by atoms with van der Waals surface area (Å²) < 4.78 is 6.22. The molecule has 0 saturated carbocycles. The van der Waals surface area contributed by atoms with Crippen molar-refractivity contribution < 1.29 is 0 Å². The van der Waals surface area contributed by atoms with E-state index in [0.29, 0.717) is 0 Å². The summed E-state index contributed by atoms with van der Waals surface area (Å²) in [5.41, 5.74) is 5.60. The molecule has 0 radical (unpaired) electrons. The average molecular weight is 483 g/mol. The van der Waals surface area contributed by atoms with Gasteiger partial charge in [0.15, 0.2) is 0 Å². The SMILES string of the molecule is Cc1cccc[c]1[Sn]([c]1ccccc1C)([c]1ccccc1C)[c]1ccccc1C. The number of rotatable bonds is 4. The van der Waals surface area contributed by atoms with Gasteiger partial charge in [0.05, 0.1) is 0 Å². The predicted octanol–water partition coefficient (Wildman–Crippen LogP) is 4.30. The molecule has 4 aromatic carbocycles. The molecule has 1 heteroatoms. The molecule has 0 atom stereocenters. The Bertz CT molecular complexity index is 969. The molecule has 4 rings (SSSR count). The van der Waals surface area contributed by atoms with E-state index in [1.165, 1.54) is 22.3 Å². The van der Waals surface area contributed by atoms with Crippen LogP contribution < -0.4 is 14.3 Å². The molecule has 0 aliphatic heterocycles. The molecule has 0 bridgehead atoms. The van der Waals surface area contributed by atoms with E-state index in [9.17, 15) is 0 Å². The fourth-order valence-electron chi connectivity index (χ4n) is 4.85. The van der Waals surface area contributed by atoms with E-state index < -0.39 is 18.4 Å². The van der Waals surface area contributed by atoms with Gasteiger partial charge in [-0.15, -0.1) is 0 Å². The van der Waals surface area contributed by atoms with Gasteiger partial charge < -0.3 is 0 Å². The summed E-state index contributed by atoms with van der Waals surface area (Å²) in [7, 11) is 0. The molecule has 0 spiro atoms. The molecule has 0 unspecified atom stereocenters. The number of hydrogen-bond donors (Lipinski definition) is 0. The van der Waals surface area contributed by atoms with Crippen LogP contribution in [0.25, 0.3) is 0 Å². The third-order valence-corrected chi connectivity index (χ3v) is 21.8. The summed E-state index contributed by atoms with van der Waals surface area (Å²) in [4.78, 5) is 0. The Balaban J connectivity index is 2.28. The zero-order valence-corrected chi connectivity index (χ0v) is 20.6. The molecule has 0 N–H and O–H groups in total. The zero-order chi connectivity index (χ0) is 20.4. The maximum absolute atomic E-state index is 3.56. The van der Waals surface area contributed by atoms with Crippen LogP contribution in [-0.4, -0.2) is 18.4 Å². The van der Waals surface area contributed by atoms with Crippen LogP contribution in [0.2, 0.25) is 0 Å². The van der Waals surface area contributed by atoms with Crippen molar-refractivity contribution in [3.05, 3.63) is 119 Å². The molecule has 29 heavy (non-hydrogen) atoms. The first-order valence-corrected chi connectivity index (χ1v) is 16.0. The van der Waals surface area contributed by atoms with Gasteiger partial charge in [-0.25, -0.2) is 0 Å². The Morgan fingerprint density at radius 2 is 0.552 bits per heavy atom. The predicted molar refractivity (Wildman–Crippen MR) is 129 cm³/mol. The van der Waals surface area contributed by atoms with E-state index in [1.807, 2.05) is 0 Å². The maximum atomic E-state index is 2.40. The van der Waals surface area contributed by atoms with Crippen LogP contribution >= 0.6 is 0 Å². The fourth-order valence-corrected chi connectivity index (χ4v) is 21.5. The monoisotopic (exact) mass is 484 g/mol. The number of aryl methyl sites for hydroxylation is 4. The molecule has 0 aromatic heterocycles. The summed E-state index contributed by atoms with van der Waals surface area (Å²) in [6.45, 7) is 9.15. The molecule has 0 aliphatic carbocycles. The van der Waals surface area contributed by atoms with Crippen LogP contribution in [0.1, 0.15) is 22.3 Å². The minimum atomic E-state index is -3.56. The van der Waals surface area contributed by atoms with E-state index >= 15 is 0 Å². The molecule has 0 amide bonds. The molecular formula is C28H28Sn. The standard InChI is InChI=1S/4C7H7.Sn/c4*1-7-5-3-2-4-6-7;/h4*2-5H,1H3;. The van der Waals surface area contributed by atoms with Gasteiger partial charge >= 0.3 is 180 Å². The van der Waals surface area contributed by atoms with Crippen LogP contribution in [0.3, 0.4) is 0 Å². The van der Waals surface area contributed by atoms with Gasteiger partial charge in [0.1, 0.15) is 0 Å². The zero-order valence-electron chi connectivity index (χ0n) is 17.7. The van der Waals surface area contributed by atoms with E-state index in [2.05, 4.69) is 125 Å². The summed E-state index contributed by atoms with van der Waals surface area (Å²) in [5, 5.41) is 0. The number of benzene rings is 4. The van der Waals surface area contributed by atoms with E-state index in [-0.39, 0.29) is 0 Å². The van der Waals surface area contributed by atoms with Crippen molar-refractivity contribution in [2.24, 2.45) is 0 Å². The second-order valence-corrected chi connectivity index (χ2v) is 18.4. The molecule has 0 aliphatic rings. The third-order valence-electron chi connectivity index (χ3n) is 6.20. The Morgan fingerprint density at radius 3 is 0.759 bits per heavy atom. The molecular weight excluding hydrogens is 455 g/mol. The van der Waals surface area contributed by atoms with E-state index in [4.69, 9.17) is 0 Å². The normalized spacial score (nSPS) is 11.4. The van der Waals surface area contributed by atoms with Gasteiger partial charge in [-0.3, -0.25) is 0 Å². The molecule has 0 saturated heterocycles. The molecule has 4 aromatic rings. The summed E-state index contributed by atoms with van der Waals surface area (Å²) >= 11 is -3.56. The van der Waals surface area contributed by atoms with E-state index in [0.717, 1.165) is 0 Å². The van der Waals surface area contributed by atoms with Crippen molar-refractivity contribution in [3.63, 3.8) is 0 Å². The van der Waals surface area contributed by atoms with Crippen molar-refractivity contribution >= 4 is 32.7 Å². The quantitative estimate of drug-likeness (QED) is 0.380. The average Bonchev–Trinajstić information content (AvgIpc) is 2.73. The van der Waals surface area contributed by atoms with Crippen molar-refractivity contribution in [1.29, 1.82) is 0 Å². The van der Waals surface area contributed by atoms with Crippen molar-refractivity contribution in [2.45, 2.75) is 27.7 Å². The Morgan fingerprint density at radius 1 is 0.345 bits per heavy atom. The van der Waals surface area contributed by atoms with Crippen LogP contribution in [0.15, 0.2) is 97.1 Å². The summed E-state index contributed by atoms with van der Waals surface area (Å²) in [5.74, 6) is 0.